The maximum atomic E-state index is 12.2. The molecule has 0 spiro atoms. The molecule has 0 aromatic heterocycles. The molecule has 0 heterocycles. The Labute approximate surface area is 193 Å². The zero-order valence-electron chi connectivity index (χ0n) is 15.6. The molecule has 0 aliphatic heterocycles. The minimum atomic E-state index is -3.23. The van der Waals surface area contributed by atoms with Crippen LogP contribution < -0.4 is 10.6 Å². The van der Waals surface area contributed by atoms with Gasteiger partial charge in [-0.1, -0.05) is 29.8 Å². The largest absolute Gasteiger partial charge is 0.356 e. The summed E-state index contributed by atoms with van der Waals surface area (Å²) < 4.78 is 24.5. The number of rotatable bonds is 9. The number of benzene rings is 2. The number of nitrogens with zero attached hydrogens (tertiary/aromatic N) is 1. The minimum absolute atomic E-state index is 0. The standard InChI is InChI=1S/C19H24ClN3O2S2.HI/c1-21-19(23-13-14-26-17-10-8-16(20)9-11-17)22-12-5-15-27(24,25)18-6-3-2-4-7-18;/h2-4,6-11H,5,12-15H2,1H3,(H2,21,22,23);1H. The summed E-state index contributed by atoms with van der Waals surface area (Å²) in [6, 6.07) is 16.3. The van der Waals surface area contributed by atoms with Crippen molar-refractivity contribution in [1.82, 2.24) is 10.6 Å². The minimum Gasteiger partial charge on any atom is -0.356 e. The number of nitrogens with one attached hydrogen (secondary N) is 2. The molecule has 0 saturated carbocycles. The van der Waals surface area contributed by atoms with E-state index in [1.165, 1.54) is 0 Å². The molecule has 28 heavy (non-hydrogen) atoms. The van der Waals surface area contributed by atoms with Crippen LogP contribution in [-0.2, 0) is 9.84 Å². The topological polar surface area (TPSA) is 70.6 Å². The van der Waals surface area contributed by atoms with E-state index in [-0.39, 0.29) is 29.7 Å². The highest BCUT2D eigenvalue weighted by Crippen LogP contribution is 2.19. The average molecular weight is 554 g/mol. The van der Waals surface area contributed by atoms with E-state index in [1.54, 1.807) is 43.1 Å². The van der Waals surface area contributed by atoms with Crippen LogP contribution in [0, 0.1) is 0 Å². The summed E-state index contributed by atoms with van der Waals surface area (Å²) in [5.74, 6) is 1.65. The van der Waals surface area contributed by atoms with Crippen LogP contribution in [0.4, 0.5) is 0 Å². The lowest BCUT2D eigenvalue weighted by Gasteiger charge is -2.12. The van der Waals surface area contributed by atoms with E-state index in [1.807, 2.05) is 30.3 Å². The molecule has 2 aromatic carbocycles. The number of sulfone groups is 1. The summed E-state index contributed by atoms with van der Waals surface area (Å²) in [5.41, 5.74) is 0. The highest BCUT2D eigenvalue weighted by Gasteiger charge is 2.13. The van der Waals surface area contributed by atoms with Crippen molar-refractivity contribution in [2.24, 2.45) is 4.99 Å². The lowest BCUT2D eigenvalue weighted by molar-refractivity contribution is 0.592. The Bertz CT molecular complexity index is 832. The molecule has 0 fully saturated rings. The summed E-state index contributed by atoms with van der Waals surface area (Å²) in [7, 11) is -1.54. The van der Waals surface area contributed by atoms with Gasteiger partial charge in [-0.15, -0.1) is 35.7 Å². The van der Waals surface area contributed by atoms with Crippen LogP contribution >= 0.6 is 47.3 Å². The monoisotopic (exact) mass is 553 g/mol. The van der Waals surface area contributed by atoms with Crippen molar-refractivity contribution in [3.8, 4) is 0 Å². The summed E-state index contributed by atoms with van der Waals surface area (Å²) in [6.45, 7) is 1.28. The predicted molar refractivity (Wildman–Crippen MR) is 130 cm³/mol. The molecular formula is C19H25ClIN3O2S2. The van der Waals surface area contributed by atoms with E-state index in [9.17, 15) is 8.42 Å². The summed E-state index contributed by atoms with van der Waals surface area (Å²) in [6.07, 6.45) is 0.511. The molecule has 0 atom stereocenters. The summed E-state index contributed by atoms with van der Waals surface area (Å²) in [4.78, 5) is 5.68. The van der Waals surface area contributed by atoms with Gasteiger partial charge in [0.15, 0.2) is 15.8 Å². The van der Waals surface area contributed by atoms with E-state index >= 15 is 0 Å². The normalized spacial score (nSPS) is 11.6. The highest BCUT2D eigenvalue weighted by molar-refractivity contribution is 14.0. The van der Waals surface area contributed by atoms with Crippen molar-refractivity contribution in [2.45, 2.75) is 16.2 Å². The number of guanidine groups is 1. The van der Waals surface area contributed by atoms with Gasteiger partial charge in [0.2, 0.25) is 0 Å². The predicted octanol–water partition coefficient (Wildman–Crippen LogP) is 4.08. The number of halogens is 2. The van der Waals surface area contributed by atoms with Crippen molar-refractivity contribution in [1.29, 1.82) is 0 Å². The molecule has 0 aliphatic rings. The smallest absolute Gasteiger partial charge is 0.191 e. The van der Waals surface area contributed by atoms with Gasteiger partial charge in [-0.3, -0.25) is 4.99 Å². The van der Waals surface area contributed by atoms with E-state index in [4.69, 9.17) is 11.6 Å². The molecule has 154 valence electrons. The van der Waals surface area contributed by atoms with Gasteiger partial charge >= 0.3 is 0 Å². The average Bonchev–Trinajstić information content (AvgIpc) is 2.69. The van der Waals surface area contributed by atoms with E-state index in [0.29, 0.717) is 23.8 Å². The molecule has 2 N–H and O–H groups in total. The van der Waals surface area contributed by atoms with Crippen LogP contribution in [-0.4, -0.2) is 46.0 Å². The van der Waals surface area contributed by atoms with Crippen LogP contribution in [0.1, 0.15) is 6.42 Å². The molecule has 9 heteroatoms. The second kappa shape index (κ2) is 13.3. The Morgan fingerprint density at radius 1 is 1.04 bits per heavy atom. The van der Waals surface area contributed by atoms with Crippen molar-refractivity contribution in [2.75, 3.05) is 31.6 Å². The van der Waals surface area contributed by atoms with Crippen LogP contribution in [0.25, 0.3) is 0 Å². The Morgan fingerprint density at radius 3 is 2.32 bits per heavy atom. The lowest BCUT2D eigenvalue weighted by Crippen LogP contribution is -2.39. The van der Waals surface area contributed by atoms with Crippen molar-refractivity contribution in [3.63, 3.8) is 0 Å². The maximum absolute atomic E-state index is 12.2. The zero-order chi connectivity index (χ0) is 19.5. The molecule has 0 saturated heterocycles. The zero-order valence-corrected chi connectivity index (χ0v) is 20.3. The second-order valence-electron chi connectivity index (χ2n) is 5.71. The van der Waals surface area contributed by atoms with Crippen molar-refractivity contribution >= 4 is 63.1 Å². The fraction of sp³-hybridized carbons (Fsp3) is 0.316. The second-order valence-corrected chi connectivity index (χ2v) is 9.43. The maximum Gasteiger partial charge on any atom is 0.191 e. The third kappa shape index (κ3) is 9.02. The lowest BCUT2D eigenvalue weighted by atomic mass is 10.4. The Hall–Kier alpha value is -0.970. The van der Waals surface area contributed by atoms with E-state index in [0.717, 1.165) is 22.2 Å². The molecule has 0 unspecified atom stereocenters. The molecule has 0 radical (unpaired) electrons. The Balaban J connectivity index is 0.00000392. The number of thioether (sulfide) groups is 1. The molecule has 5 nitrogen and oxygen atoms in total. The Morgan fingerprint density at radius 2 is 1.68 bits per heavy atom. The summed E-state index contributed by atoms with van der Waals surface area (Å²) in [5, 5.41) is 7.10. The van der Waals surface area contributed by atoms with E-state index < -0.39 is 9.84 Å². The first kappa shape index (κ1) is 25.1. The third-order valence-electron chi connectivity index (χ3n) is 3.69. The first-order chi connectivity index (χ1) is 13.0. The number of hydrogen-bond donors (Lipinski definition) is 2. The number of hydrogen-bond acceptors (Lipinski definition) is 4. The molecule has 2 aromatic rings. The SMILES string of the molecule is CN=C(NCCCS(=O)(=O)c1ccccc1)NCCSc1ccc(Cl)cc1.I. The number of aliphatic imine (C=N–C) groups is 1. The molecule has 0 bridgehead atoms. The highest BCUT2D eigenvalue weighted by atomic mass is 127. The molecule has 0 amide bonds. The fourth-order valence-corrected chi connectivity index (χ4v) is 4.53. The quantitative estimate of drug-likeness (QED) is 0.161. The van der Waals surface area contributed by atoms with Crippen molar-refractivity contribution < 1.29 is 8.42 Å². The van der Waals surface area contributed by atoms with E-state index in [2.05, 4.69) is 15.6 Å². The van der Waals surface area contributed by atoms with Crippen LogP contribution in [0.3, 0.4) is 0 Å². The van der Waals surface area contributed by atoms with Crippen molar-refractivity contribution in [3.05, 3.63) is 59.6 Å². The van der Waals surface area contributed by atoms with Gasteiger partial charge in [0.25, 0.3) is 0 Å². The van der Waals surface area contributed by atoms with Gasteiger partial charge < -0.3 is 10.6 Å². The fourth-order valence-electron chi connectivity index (χ4n) is 2.30. The van der Waals surface area contributed by atoms with Gasteiger partial charge in [0, 0.05) is 35.8 Å². The third-order valence-corrected chi connectivity index (χ3v) is 6.77. The first-order valence-electron chi connectivity index (χ1n) is 8.62. The van der Waals surface area contributed by atoms with Crippen LogP contribution in [0.2, 0.25) is 5.02 Å². The van der Waals surface area contributed by atoms with Gasteiger partial charge in [-0.05, 0) is 42.8 Å². The van der Waals surface area contributed by atoms with Crippen LogP contribution in [0.5, 0.6) is 0 Å². The van der Waals surface area contributed by atoms with Crippen LogP contribution in [0.15, 0.2) is 69.4 Å². The molecular weight excluding hydrogens is 529 g/mol. The van der Waals surface area contributed by atoms with Gasteiger partial charge in [-0.2, -0.15) is 0 Å². The van der Waals surface area contributed by atoms with Gasteiger partial charge in [-0.25, -0.2) is 8.42 Å². The Kier molecular flexibility index (Phi) is 11.9. The summed E-state index contributed by atoms with van der Waals surface area (Å²) >= 11 is 7.60. The molecule has 2 rings (SSSR count). The van der Waals surface area contributed by atoms with Gasteiger partial charge in [0.1, 0.15) is 0 Å². The molecule has 0 aliphatic carbocycles. The van der Waals surface area contributed by atoms with Gasteiger partial charge in [0.05, 0.1) is 10.6 Å². The first-order valence-corrected chi connectivity index (χ1v) is 11.6.